The zero-order chi connectivity index (χ0) is 11.0. The number of aromatic amines is 1. The maximum atomic E-state index is 11.4. The number of H-pyrrole nitrogens is 1. The number of ether oxygens (including phenoxy) is 1. The maximum Gasteiger partial charge on any atom is 0.266 e. The molecule has 1 heterocycles. The van der Waals surface area contributed by atoms with E-state index in [2.05, 4.69) is 20.9 Å². The molecule has 1 aromatic carbocycles. The molecule has 0 bridgehead atoms. The summed E-state index contributed by atoms with van der Waals surface area (Å²) >= 11 is 3.01. The highest BCUT2D eigenvalue weighted by atomic mass is 79.9. The minimum absolute atomic E-state index is 0.0589. The second-order valence-corrected chi connectivity index (χ2v) is 3.82. The number of rotatable bonds is 1. The third-order valence-electron chi connectivity index (χ3n) is 2.14. The van der Waals surface area contributed by atoms with Crippen LogP contribution in [-0.2, 0) is 0 Å². The Labute approximate surface area is 93.6 Å². The second-order valence-electron chi connectivity index (χ2n) is 3.03. The normalized spacial score (nSPS) is 10.5. The van der Waals surface area contributed by atoms with Crippen LogP contribution in [0.15, 0.2) is 27.5 Å². The van der Waals surface area contributed by atoms with Crippen molar-refractivity contribution in [1.29, 1.82) is 0 Å². The van der Waals surface area contributed by atoms with Crippen molar-refractivity contribution in [2.75, 3.05) is 7.11 Å². The molecule has 0 aliphatic rings. The van der Waals surface area contributed by atoms with E-state index in [1.54, 1.807) is 18.2 Å². The highest BCUT2D eigenvalue weighted by Gasteiger charge is 2.09. The van der Waals surface area contributed by atoms with Crippen molar-refractivity contribution >= 4 is 26.8 Å². The van der Waals surface area contributed by atoms with E-state index in [0.29, 0.717) is 16.7 Å². The monoisotopic (exact) mass is 269 g/mol. The van der Waals surface area contributed by atoms with Gasteiger partial charge in [0, 0.05) is 11.5 Å². The number of benzene rings is 1. The molecule has 0 spiro atoms. The van der Waals surface area contributed by atoms with Gasteiger partial charge in [-0.1, -0.05) is 0 Å². The molecule has 4 nitrogen and oxygen atoms in total. The van der Waals surface area contributed by atoms with Gasteiger partial charge in [0.25, 0.3) is 5.56 Å². The zero-order valence-corrected chi connectivity index (χ0v) is 9.46. The molecular formula is C10H8BrNO3. The molecule has 0 fully saturated rings. The van der Waals surface area contributed by atoms with Crippen LogP contribution in [0.4, 0.5) is 0 Å². The van der Waals surface area contributed by atoms with Gasteiger partial charge in [0.15, 0.2) is 0 Å². The van der Waals surface area contributed by atoms with Crippen LogP contribution in [0.25, 0.3) is 10.9 Å². The fourth-order valence-corrected chi connectivity index (χ4v) is 1.68. The van der Waals surface area contributed by atoms with Gasteiger partial charge in [-0.2, -0.15) is 0 Å². The van der Waals surface area contributed by atoms with Crippen molar-refractivity contribution in [2.45, 2.75) is 0 Å². The van der Waals surface area contributed by atoms with Gasteiger partial charge >= 0.3 is 0 Å². The fourth-order valence-electron chi connectivity index (χ4n) is 1.36. The maximum absolute atomic E-state index is 11.4. The molecule has 0 radical (unpaired) electrons. The van der Waals surface area contributed by atoms with Crippen molar-refractivity contribution < 1.29 is 9.84 Å². The number of methoxy groups -OCH3 is 1. The van der Waals surface area contributed by atoms with Crippen LogP contribution >= 0.6 is 15.9 Å². The van der Waals surface area contributed by atoms with Gasteiger partial charge in [0.1, 0.15) is 16.0 Å². The van der Waals surface area contributed by atoms with Crippen molar-refractivity contribution in [1.82, 2.24) is 4.98 Å². The molecule has 1 aromatic heterocycles. The second kappa shape index (κ2) is 3.58. The highest BCUT2D eigenvalue weighted by molar-refractivity contribution is 9.10. The third kappa shape index (κ3) is 1.59. The molecule has 2 aromatic rings. The lowest BCUT2D eigenvalue weighted by Gasteiger charge is -2.04. The van der Waals surface area contributed by atoms with Crippen LogP contribution in [0.5, 0.6) is 11.5 Å². The average molecular weight is 270 g/mol. The average Bonchev–Trinajstić information content (AvgIpc) is 2.25. The molecule has 0 unspecified atom stereocenters. The number of nitrogens with one attached hydrogen (secondary N) is 1. The van der Waals surface area contributed by atoms with E-state index in [1.807, 2.05) is 0 Å². The minimum atomic E-state index is -0.367. The summed E-state index contributed by atoms with van der Waals surface area (Å²) in [5, 5.41) is 10.3. The number of hydrogen-bond donors (Lipinski definition) is 2. The predicted molar refractivity (Wildman–Crippen MR) is 60.5 cm³/mol. The number of fused-ring (bicyclic) bond motifs is 1. The van der Waals surface area contributed by atoms with Crippen molar-refractivity contribution in [2.24, 2.45) is 0 Å². The summed E-state index contributed by atoms with van der Waals surface area (Å²) in [5.41, 5.74) is 0.174. The molecule has 5 heteroatoms. The molecular weight excluding hydrogens is 262 g/mol. The van der Waals surface area contributed by atoms with Gasteiger partial charge in [-0.3, -0.25) is 4.79 Å². The Morgan fingerprint density at radius 2 is 2.20 bits per heavy atom. The van der Waals surface area contributed by atoms with Gasteiger partial charge in [-0.25, -0.2) is 0 Å². The van der Waals surface area contributed by atoms with Crippen LogP contribution in [0.1, 0.15) is 0 Å². The standard InChI is InChI=1S/C10H8BrNO3/c1-15-5-2-3-6-7(4-5)12-10(14)8(11)9(6)13/h2-4H,1H3,(H2,12,13,14). The molecule has 2 rings (SSSR count). The Hall–Kier alpha value is -1.49. The largest absolute Gasteiger partial charge is 0.506 e. The molecule has 0 aliphatic heterocycles. The number of aromatic hydroxyl groups is 1. The molecule has 2 N–H and O–H groups in total. The Morgan fingerprint density at radius 3 is 2.87 bits per heavy atom. The fraction of sp³-hybridized carbons (Fsp3) is 0.100. The molecule has 0 saturated heterocycles. The summed E-state index contributed by atoms with van der Waals surface area (Å²) in [4.78, 5) is 14.0. The summed E-state index contributed by atoms with van der Waals surface area (Å²) in [5.74, 6) is 0.566. The van der Waals surface area contributed by atoms with Gasteiger partial charge in [0.2, 0.25) is 0 Å². The van der Waals surface area contributed by atoms with Gasteiger partial charge in [-0.15, -0.1) is 0 Å². The topological polar surface area (TPSA) is 62.3 Å². The lowest BCUT2D eigenvalue weighted by Crippen LogP contribution is -2.06. The van der Waals surface area contributed by atoms with E-state index in [0.717, 1.165) is 0 Å². The number of aromatic nitrogens is 1. The van der Waals surface area contributed by atoms with Crippen LogP contribution in [0.2, 0.25) is 0 Å². The van der Waals surface area contributed by atoms with Crippen LogP contribution in [0, 0.1) is 0 Å². The Balaban J connectivity index is 2.86. The summed E-state index contributed by atoms with van der Waals surface area (Å²) < 4.78 is 5.16. The third-order valence-corrected chi connectivity index (χ3v) is 2.87. The van der Waals surface area contributed by atoms with Gasteiger partial charge in [0.05, 0.1) is 12.6 Å². The first-order valence-electron chi connectivity index (χ1n) is 4.22. The van der Waals surface area contributed by atoms with E-state index in [-0.39, 0.29) is 15.8 Å². The summed E-state index contributed by atoms with van der Waals surface area (Å²) in [6.45, 7) is 0. The van der Waals surface area contributed by atoms with E-state index >= 15 is 0 Å². The first-order chi connectivity index (χ1) is 7.13. The SMILES string of the molecule is COc1ccc2c(O)c(Br)c(=O)[nH]c2c1. The Bertz CT molecular complexity index is 577. The lowest BCUT2D eigenvalue weighted by molar-refractivity contribution is 0.415. The van der Waals surface area contributed by atoms with E-state index in [4.69, 9.17) is 4.74 Å². The Morgan fingerprint density at radius 1 is 1.47 bits per heavy atom. The minimum Gasteiger partial charge on any atom is -0.506 e. The van der Waals surface area contributed by atoms with Crippen LogP contribution in [-0.4, -0.2) is 17.2 Å². The molecule has 78 valence electrons. The number of halogens is 1. The molecule has 0 amide bonds. The van der Waals surface area contributed by atoms with Gasteiger partial charge < -0.3 is 14.8 Å². The predicted octanol–water partition coefficient (Wildman–Crippen LogP) is 2.00. The summed E-state index contributed by atoms with van der Waals surface area (Å²) in [6.07, 6.45) is 0. The molecule has 0 saturated carbocycles. The van der Waals surface area contributed by atoms with E-state index < -0.39 is 0 Å². The van der Waals surface area contributed by atoms with E-state index in [1.165, 1.54) is 7.11 Å². The van der Waals surface area contributed by atoms with Crippen molar-refractivity contribution in [3.63, 3.8) is 0 Å². The Kier molecular flexibility index (Phi) is 2.40. The summed E-state index contributed by atoms with van der Waals surface area (Å²) in [6, 6.07) is 5.06. The van der Waals surface area contributed by atoms with Gasteiger partial charge in [-0.05, 0) is 28.1 Å². The quantitative estimate of drug-likeness (QED) is 0.833. The molecule has 0 atom stereocenters. The molecule has 0 aliphatic carbocycles. The van der Waals surface area contributed by atoms with Crippen LogP contribution in [0.3, 0.4) is 0 Å². The first kappa shape index (κ1) is 10.0. The highest BCUT2D eigenvalue weighted by Crippen LogP contribution is 2.30. The summed E-state index contributed by atoms with van der Waals surface area (Å²) in [7, 11) is 1.54. The zero-order valence-electron chi connectivity index (χ0n) is 7.87. The first-order valence-corrected chi connectivity index (χ1v) is 5.01. The van der Waals surface area contributed by atoms with Crippen molar-refractivity contribution in [3.05, 3.63) is 33.0 Å². The van der Waals surface area contributed by atoms with Crippen LogP contribution < -0.4 is 10.3 Å². The number of hydrogen-bond acceptors (Lipinski definition) is 3. The van der Waals surface area contributed by atoms with Crippen molar-refractivity contribution in [3.8, 4) is 11.5 Å². The number of pyridine rings is 1. The molecule has 15 heavy (non-hydrogen) atoms. The van der Waals surface area contributed by atoms with E-state index in [9.17, 15) is 9.90 Å². The smallest absolute Gasteiger partial charge is 0.266 e. The lowest BCUT2D eigenvalue weighted by atomic mass is 10.2.